The van der Waals surface area contributed by atoms with Gasteiger partial charge in [0.1, 0.15) is 11.3 Å². The van der Waals surface area contributed by atoms with Crippen molar-refractivity contribution < 1.29 is 4.42 Å². The first-order chi connectivity index (χ1) is 9.15. The highest BCUT2D eigenvalue weighted by atomic mass is 35.5. The molecule has 0 fully saturated rings. The summed E-state index contributed by atoms with van der Waals surface area (Å²) in [5.41, 5.74) is 3.50. The number of nitrogens with zero attached hydrogens (tertiary/aromatic N) is 3. The highest BCUT2D eigenvalue weighted by molar-refractivity contribution is 6.28. The Bertz CT molecular complexity index is 713. The second kappa shape index (κ2) is 4.55. The number of hydrogen-bond acceptors (Lipinski definition) is 5. The number of aromatic nitrogens is 4. The first kappa shape index (κ1) is 12.0. The molecule has 0 saturated heterocycles. The van der Waals surface area contributed by atoms with Crippen molar-refractivity contribution in [2.24, 2.45) is 0 Å². The van der Waals surface area contributed by atoms with E-state index < -0.39 is 0 Å². The van der Waals surface area contributed by atoms with Gasteiger partial charge >= 0.3 is 0 Å². The van der Waals surface area contributed by atoms with Crippen LogP contribution < -0.4 is 5.32 Å². The summed E-state index contributed by atoms with van der Waals surface area (Å²) in [4.78, 5) is 15.3. The highest BCUT2D eigenvalue weighted by Crippen LogP contribution is 2.21. The topological polar surface area (TPSA) is 79.6 Å². The average Bonchev–Trinajstić information content (AvgIpc) is 2.95. The fourth-order valence-electron chi connectivity index (χ4n) is 1.97. The predicted molar refractivity (Wildman–Crippen MR) is 72.2 cm³/mol. The standard InChI is InChI=1S/C12H12ClN5O/c1-6-4-19-7(2)8(6)3-14-10-9-11(16-5-15-9)18-12(13)17-10/h4-5H,3H2,1-2H3,(H2,14,15,16,17,18). The molecule has 0 aliphatic heterocycles. The van der Waals surface area contributed by atoms with Crippen LogP contribution in [0.25, 0.3) is 11.2 Å². The SMILES string of the molecule is Cc1coc(C)c1CNc1nc(Cl)nc2nc[nH]c12. The van der Waals surface area contributed by atoms with E-state index in [4.69, 9.17) is 16.0 Å². The summed E-state index contributed by atoms with van der Waals surface area (Å²) in [7, 11) is 0. The van der Waals surface area contributed by atoms with Gasteiger partial charge < -0.3 is 14.7 Å². The van der Waals surface area contributed by atoms with Crippen LogP contribution in [0, 0.1) is 13.8 Å². The molecule has 0 aliphatic rings. The minimum atomic E-state index is 0.169. The van der Waals surface area contributed by atoms with Crippen LogP contribution in [0.5, 0.6) is 0 Å². The van der Waals surface area contributed by atoms with Crippen LogP contribution in [0.3, 0.4) is 0 Å². The van der Waals surface area contributed by atoms with Gasteiger partial charge in [-0.3, -0.25) is 0 Å². The molecule has 0 bridgehead atoms. The third kappa shape index (κ3) is 2.15. The Kier molecular flexibility index (Phi) is 2.87. The Morgan fingerprint density at radius 1 is 1.37 bits per heavy atom. The maximum atomic E-state index is 5.87. The molecule has 2 N–H and O–H groups in total. The second-order valence-corrected chi connectivity index (χ2v) is 4.59. The average molecular weight is 278 g/mol. The molecule has 3 aromatic heterocycles. The Labute approximate surface area is 114 Å². The van der Waals surface area contributed by atoms with Gasteiger partial charge in [-0.25, -0.2) is 4.98 Å². The lowest BCUT2D eigenvalue weighted by atomic mass is 10.2. The first-order valence-corrected chi connectivity index (χ1v) is 6.17. The van der Waals surface area contributed by atoms with Crippen LogP contribution in [-0.4, -0.2) is 19.9 Å². The molecule has 3 aromatic rings. The van der Waals surface area contributed by atoms with Crippen molar-refractivity contribution in [2.75, 3.05) is 5.32 Å². The van der Waals surface area contributed by atoms with Crippen molar-refractivity contribution in [1.82, 2.24) is 19.9 Å². The molecule has 0 aliphatic carbocycles. The molecule has 0 unspecified atom stereocenters. The van der Waals surface area contributed by atoms with E-state index in [9.17, 15) is 0 Å². The van der Waals surface area contributed by atoms with Gasteiger partial charge in [-0.05, 0) is 31.0 Å². The molecule has 98 valence electrons. The van der Waals surface area contributed by atoms with E-state index in [1.54, 1.807) is 12.6 Å². The normalized spacial score (nSPS) is 11.1. The molecule has 0 radical (unpaired) electrons. The van der Waals surface area contributed by atoms with Crippen LogP contribution in [0.1, 0.15) is 16.9 Å². The van der Waals surface area contributed by atoms with Gasteiger partial charge in [-0.2, -0.15) is 9.97 Å². The van der Waals surface area contributed by atoms with Crippen LogP contribution in [0.2, 0.25) is 5.28 Å². The van der Waals surface area contributed by atoms with Gasteiger partial charge in [-0.1, -0.05) is 0 Å². The lowest BCUT2D eigenvalue weighted by Crippen LogP contribution is -2.04. The van der Waals surface area contributed by atoms with Gasteiger partial charge in [0.2, 0.25) is 5.28 Å². The number of H-pyrrole nitrogens is 1. The lowest BCUT2D eigenvalue weighted by molar-refractivity contribution is 0.529. The fourth-order valence-corrected chi connectivity index (χ4v) is 2.13. The summed E-state index contributed by atoms with van der Waals surface area (Å²) in [6, 6.07) is 0. The first-order valence-electron chi connectivity index (χ1n) is 5.79. The minimum Gasteiger partial charge on any atom is -0.469 e. The number of hydrogen-bond donors (Lipinski definition) is 2. The highest BCUT2D eigenvalue weighted by Gasteiger charge is 2.11. The van der Waals surface area contributed by atoms with E-state index in [2.05, 4.69) is 25.3 Å². The zero-order valence-electron chi connectivity index (χ0n) is 10.5. The zero-order valence-corrected chi connectivity index (χ0v) is 11.2. The third-order valence-corrected chi connectivity index (χ3v) is 3.17. The molecule has 0 atom stereocenters. The van der Waals surface area contributed by atoms with Gasteiger partial charge in [0.25, 0.3) is 0 Å². The maximum absolute atomic E-state index is 5.87. The Balaban J connectivity index is 1.91. The van der Waals surface area contributed by atoms with Gasteiger partial charge in [0.15, 0.2) is 11.5 Å². The molecule has 3 heterocycles. The summed E-state index contributed by atoms with van der Waals surface area (Å²) in [5.74, 6) is 1.53. The molecule has 7 heteroatoms. The van der Waals surface area contributed by atoms with Crippen molar-refractivity contribution in [3.63, 3.8) is 0 Å². The van der Waals surface area contributed by atoms with Crippen molar-refractivity contribution in [3.05, 3.63) is 34.8 Å². The Hall–Kier alpha value is -2.08. The van der Waals surface area contributed by atoms with E-state index in [0.29, 0.717) is 18.0 Å². The quantitative estimate of drug-likeness (QED) is 0.720. The number of fused-ring (bicyclic) bond motifs is 1. The lowest BCUT2D eigenvalue weighted by Gasteiger charge is -2.06. The van der Waals surface area contributed by atoms with E-state index in [-0.39, 0.29) is 5.28 Å². The van der Waals surface area contributed by atoms with Crippen molar-refractivity contribution in [3.8, 4) is 0 Å². The summed E-state index contributed by atoms with van der Waals surface area (Å²) >= 11 is 5.87. The number of rotatable bonds is 3. The summed E-state index contributed by atoms with van der Waals surface area (Å²) in [6.45, 7) is 4.55. The zero-order chi connectivity index (χ0) is 13.4. The number of anilines is 1. The molecule has 6 nitrogen and oxygen atoms in total. The molecular weight excluding hydrogens is 266 g/mol. The molecule has 0 spiro atoms. The molecule has 19 heavy (non-hydrogen) atoms. The fraction of sp³-hybridized carbons (Fsp3) is 0.250. The maximum Gasteiger partial charge on any atom is 0.226 e. The number of nitrogens with one attached hydrogen (secondary N) is 2. The third-order valence-electron chi connectivity index (χ3n) is 3.00. The minimum absolute atomic E-state index is 0.169. The molecule has 0 saturated carbocycles. The van der Waals surface area contributed by atoms with Gasteiger partial charge in [0.05, 0.1) is 12.6 Å². The Morgan fingerprint density at radius 3 is 2.95 bits per heavy atom. The Morgan fingerprint density at radius 2 is 2.21 bits per heavy atom. The number of aryl methyl sites for hydroxylation is 2. The van der Waals surface area contributed by atoms with Crippen molar-refractivity contribution in [2.45, 2.75) is 20.4 Å². The molecular formula is C12H12ClN5O. The monoisotopic (exact) mass is 277 g/mol. The van der Waals surface area contributed by atoms with Gasteiger partial charge in [-0.15, -0.1) is 0 Å². The smallest absolute Gasteiger partial charge is 0.226 e. The van der Waals surface area contributed by atoms with E-state index in [1.807, 2.05) is 13.8 Å². The van der Waals surface area contributed by atoms with E-state index in [0.717, 1.165) is 22.4 Å². The number of aromatic amines is 1. The summed E-state index contributed by atoms with van der Waals surface area (Å²) in [5, 5.41) is 3.40. The van der Waals surface area contributed by atoms with E-state index in [1.165, 1.54) is 0 Å². The van der Waals surface area contributed by atoms with Crippen LogP contribution in [0.15, 0.2) is 17.0 Å². The number of furan rings is 1. The number of imidazole rings is 1. The van der Waals surface area contributed by atoms with E-state index >= 15 is 0 Å². The van der Waals surface area contributed by atoms with Crippen LogP contribution in [-0.2, 0) is 6.54 Å². The van der Waals surface area contributed by atoms with Gasteiger partial charge in [0, 0.05) is 12.1 Å². The second-order valence-electron chi connectivity index (χ2n) is 4.25. The van der Waals surface area contributed by atoms with Crippen molar-refractivity contribution >= 4 is 28.6 Å². The number of halogens is 1. The van der Waals surface area contributed by atoms with Crippen molar-refractivity contribution in [1.29, 1.82) is 0 Å². The summed E-state index contributed by atoms with van der Waals surface area (Å²) < 4.78 is 5.36. The molecule has 3 rings (SSSR count). The summed E-state index contributed by atoms with van der Waals surface area (Å²) in [6.07, 6.45) is 3.31. The molecule has 0 amide bonds. The molecule has 0 aromatic carbocycles. The largest absolute Gasteiger partial charge is 0.469 e. The van der Waals surface area contributed by atoms with Crippen LogP contribution >= 0.6 is 11.6 Å². The predicted octanol–water partition coefficient (Wildman–Crippen LogP) is 2.83. The van der Waals surface area contributed by atoms with Crippen LogP contribution in [0.4, 0.5) is 5.82 Å².